The number of halogens is 1. The highest BCUT2D eigenvalue weighted by molar-refractivity contribution is 6.30. The third-order valence-electron chi connectivity index (χ3n) is 3.09. The number of anilines is 1. The molecular weight excluding hydrogens is 258 g/mol. The highest BCUT2D eigenvalue weighted by atomic mass is 35.5. The van der Waals surface area contributed by atoms with E-state index in [2.05, 4.69) is 0 Å². The number of hydrogen-bond acceptors (Lipinski definition) is 2. The zero-order valence-electron chi connectivity index (χ0n) is 11.2. The quantitative estimate of drug-likeness (QED) is 0.920. The predicted molar refractivity (Wildman–Crippen MR) is 80.9 cm³/mol. The van der Waals surface area contributed by atoms with Gasteiger partial charge in [0.2, 0.25) is 0 Å². The first-order chi connectivity index (χ1) is 9.06. The van der Waals surface area contributed by atoms with Crippen LogP contribution in [0.25, 0.3) is 0 Å². The molecule has 1 atom stereocenters. The lowest BCUT2D eigenvalue weighted by Gasteiger charge is -2.16. The van der Waals surface area contributed by atoms with Crippen molar-refractivity contribution in [2.24, 2.45) is 0 Å². The van der Waals surface area contributed by atoms with Gasteiger partial charge < -0.3 is 10.0 Å². The van der Waals surface area contributed by atoms with E-state index >= 15 is 0 Å². The molecule has 0 aliphatic rings. The topological polar surface area (TPSA) is 23.5 Å². The lowest BCUT2D eigenvalue weighted by Crippen LogP contribution is -2.10. The number of rotatable bonds is 4. The summed E-state index contributed by atoms with van der Waals surface area (Å²) >= 11 is 5.95. The van der Waals surface area contributed by atoms with Crippen molar-refractivity contribution in [1.29, 1.82) is 0 Å². The van der Waals surface area contributed by atoms with Crippen LogP contribution in [0.4, 0.5) is 5.69 Å². The standard InChI is InChI=1S/C16H18ClNO/c1-18(2)15-8-4-6-13(11-15)16(19)10-12-5-3-7-14(17)9-12/h3-9,11,16,19H,10H2,1-2H3. The van der Waals surface area contributed by atoms with Crippen LogP contribution in [-0.2, 0) is 6.42 Å². The lowest BCUT2D eigenvalue weighted by atomic mass is 10.0. The molecule has 100 valence electrons. The van der Waals surface area contributed by atoms with Crippen molar-refractivity contribution >= 4 is 17.3 Å². The van der Waals surface area contributed by atoms with Crippen LogP contribution in [0.3, 0.4) is 0 Å². The molecule has 0 amide bonds. The number of aliphatic hydroxyl groups excluding tert-OH is 1. The molecular formula is C16H18ClNO. The normalized spacial score (nSPS) is 12.2. The molecule has 1 unspecified atom stereocenters. The maximum atomic E-state index is 10.3. The third-order valence-corrected chi connectivity index (χ3v) is 3.32. The van der Waals surface area contributed by atoms with E-state index in [9.17, 15) is 5.11 Å². The summed E-state index contributed by atoms with van der Waals surface area (Å²) in [5, 5.41) is 11.0. The Morgan fingerprint density at radius 3 is 2.53 bits per heavy atom. The second-order valence-corrected chi connectivity index (χ2v) is 5.28. The Morgan fingerprint density at radius 1 is 1.11 bits per heavy atom. The summed E-state index contributed by atoms with van der Waals surface area (Å²) < 4.78 is 0. The molecule has 0 heterocycles. The van der Waals surface area contributed by atoms with Crippen molar-refractivity contribution < 1.29 is 5.11 Å². The van der Waals surface area contributed by atoms with Crippen LogP contribution in [0, 0.1) is 0 Å². The highest BCUT2D eigenvalue weighted by Gasteiger charge is 2.10. The summed E-state index contributed by atoms with van der Waals surface area (Å²) in [6, 6.07) is 15.6. The van der Waals surface area contributed by atoms with Crippen LogP contribution < -0.4 is 4.90 Å². The van der Waals surface area contributed by atoms with Crippen molar-refractivity contribution in [2.45, 2.75) is 12.5 Å². The van der Waals surface area contributed by atoms with E-state index in [0.29, 0.717) is 11.4 Å². The summed E-state index contributed by atoms with van der Waals surface area (Å²) in [5.74, 6) is 0. The smallest absolute Gasteiger partial charge is 0.0831 e. The fraction of sp³-hybridized carbons (Fsp3) is 0.250. The van der Waals surface area contributed by atoms with Gasteiger partial charge in [-0.25, -0.2) is 0 Å². The van der Waals surface area contributed by atoms with Crippen molar-refractivity contribution in [1.82, 2.24) is 0 Å². The van der Waals surface area contributed by atoms with Gasteiger partial charge in [0.25, 0.3) is 0 Å². The van der Waals surface area contributed by atoms with Gasteiger partial charge >= 0.3 is 0 Å². The molecule has 2 nitrogen and oxygen atoms in total. The van der Waals surface area contributed by atoms with Gasteiger partial charge in [-0.2, -0.15) is 0 Å². The monoisotopic (exact) mass is 275 g/mol. The van der Waals surface area contributed by atoms with E-state index in [4.69, 9.17) is 11.6 Å². The Bertz CT molecular complexity index is 554. The zero-order valence-corrected chi connectivity index (χ0v) is 11.9. The van der Waals surface area contributed by atoms with Crippen molar-refractivity contribution in [2.75, 3.05) is 19.0 Å². The van der Waals surface area contributed by atoms with Crippen molar-refractivity contribution in [3.63, 3.8) is 0 Å². The summed E-state index contributed by atoms with van der Waals surface area (Å²) in [6.45, 7) is 0. The van der Waals surface area contributed by atoms with Crippen molar-refractivity contribution in [3.8, 4) is 0 Å². The molecule has 2 aromatic rings. The van der Waals surface area contributed by atoms with Gasteiger partial charge in [0.15, 0.2) is 0 Å². The second-order valence-electron chi connectivity index (χ2n) is 4.84. The van der Waals surface area contributed by atoms with Crippen LogP contribution in [0.1, 0.15) is 17.2 Å². The van der Waals surface area contributed by atoms with E-state index in [0.717, 1.165) is 16.8 Å². The number of nitrogens with zero attached hydrogens (tertiary/aromatic N) is 1. The molecule has 19 heavy (non-hydrogen) atoms. The zero-order chi connectivity index (χ0) is 13.8. The van der Waals surface area contributed by atoms with Gasteiger partial charge in [0.1, 0.15) is 0 Å². The van der Waals surface area contributed by atoms with Gasteiger partial charge in [0, 0.05) is 31.2 Å². The molecule has 0 fully saturated rings. The Hall–Kier alpha value is -1.51. The van der Waals surface area contributed by atoms with Crippen LogP contribution in [0.15, 0.2) is 48.5 Å². The van der Waals surface area contributed by atoms with Crippen LogP contribution in [0.5, 0.6) is 0 Å². The second kappa shape index (κ2) is 6.09. The SMILES string of the molecule is CN(C)c1cccc(C(O)Cc2cccc(Cl)c2)c1. The Labute approximate surface area is 119 Å². The predicted octanol–water partition coefficient (Wildman–Crippen LogP) is 3.68. The molecule has 0 aromatic heterocycles. The van der Waals surface area contributed by atoms with E-state index < -0.39 is 6.10 Å². The maximum absolute atomic E-state index is 10.3. The molecule has 2 aromatic carbocycles. The van der Waals surface area contributed by atoms with Crippen LogP contribution in [-0.4, -0.2) is 19.2 Å². The molecule has 0 saturated heterocycles. The minimum atomic E-state index is -0.515. The Balaban J connectivity index is 2.15. The number of benzene rings is 2. The minimum absolute atomic E-state index is 0.515. The summed E-state index contributed by atoms with van der Waals surface area (Å²) in [7, 11) is 3.98. The van der Waals surface area contributed by atoms with Gasteiger partial charge in [-0.1, -0.05) is 35.9 Å². The summed E-state index contributed by atoms with van der Waals surface area (Å²) in [4.78, 5) is 2.02. The molecule has 0 radical (unpaired) electrons. The van der Waals surface area contributed by atoms with E-state index in [1.54, 1.807) is 0 Å². The minimum Gasteiger partial charge on any atom is -0.388 e. The van der Waals surface area contributed by atoms with Gasteiger partial charge in [-0.15, -0.1) is 0 Å². The van der Waals surface area contributed by atoms with E-state index in [1.807, 2.05) is 67.5 Å². The molecule has 1 N–H and O–H groups in total. The first-order valence-corrected chi connectivity index (χ1v) is 6.64. The summed E-state index contributed by atoms with van der Waals surface area (Å²) in [5.41, 5.74) is 3.05. The van der Waals surface area contributed by atoms with Gasteiger partial charge in [-0.3, -0.25) is 0 Å². The molecule has 0 aliphatic carbocycles. The average Bonchev–Trinajstić information content (AvgIpc) is 2.39. The fourth-order valence-electron chi connectivity index (χ4n) is 2.02. The third kappa shape index (κ3) is 3.72. The largest absolute Gasteiger partial charge is 0.388 e. The number of aliphatic hydroxyl groups is 1. The average molecular weight is 276 g/mol. The first-order valence-electron chi connectivity index (χ1n) is 6.26. The van der Waals surface area contributed by atoms with Crippen LogP contribution >= 0.6 is 11.6 Å². The van der Waals surface area contributed by atoms with Crippen LogP contribution in [0.2, 0.25) is 5.02 Å². The molecule has 3 heteroatoms. The molecule has 2 rings (SSSR count). The first kappa shape index (κ1) is 13.9. The fourth-order valence-corrected chi connectivity index (χ4v) is 2.23. The highest BCUT2D eigenvalue weighted by Crippen LogP contribution is 2.23. The number of hydrogen-bond donors (Lipinski definition) is 1. The Kier molecular flexibility index (Phi) is 4.46. The summed E-state index contributed by atoms with van der Waals surface area (Å²) in [6.07, 6.45) is 0.0515. The molecule has 0 saturated carbocycles. The molecule has 0 aliphatic heterocycles. The molecule has 0 bridgehead atoms. The Morgan fingerprint density at radius 2 is 1.84 bits per heavy atom. The molecule has 0 spiro atoms. The van der Waals surface area contributed by atoms with E-state index in [1.165, 1.54) is 0 Å². The van der Waals surface area contributed by atoms with E-state index in [-0.39, 0.29) is 0 Å². The maximum Gasteiger partial charge on any atom is 0.0831 e. The van der Waals surface area contributed by atoms with Gasteiger partial charge in [-0.05, 0) is 35.4 Å². The van der Waals surface area contributed by atoms with Crippen molar-refractivity contribution in [3.05, 3.63) is 64.7 Å². The lowest BCUT2D eigenvalue weighted by molar-refractivity contribution is 0.178. The van der Waals surface area contributed by atoms with Gasteiger partial charge in [0.05, 0.1) is 6.10 Å².